The quantitative estimate of drug-likeness (QED) is 0.307. The van der Waals surface area contributed by atoms with Crippen molar-refractivity contribution in [2.24, 2.45) is 0 Å². The van der Waals surface area contributed by atoms with Crippen LogP contribution < -0.4 is 10.2 Å². The molecule has 164 valence electrons. The molecular formula is C24H29BO6. The van der Waals surface area contributed by atoms with Gasteiger partial charge in [-0.1, -0.05) is 24.0 Å². The fourth-order valence-corrected chi connectivity index (χ4v) is 3.33. The van der Waals surface area contributed by atoms with Crippen LogP contribution in [-0.4, -0.2) is 45.3 Å². The molecule has 1 aliphatic rings. The van der Waals surface area contributed by atoms with E-state index in [4.69, 9.17) is 18.8 Å². The molecule has 6 nitrogen and oxygen atoms in total. The Balaban J connectivity index is 2.07. The highest BCUT2D eigenvalue weighted by atomic mass is 16.7. The van der Waals surface area contributed by atoms with Crippen molar-refractivity contribution in [3.8, 4) is 17.6 Å². The van der Waals surface area contributed by atoms with Gasteiger partial charge >= 0.3 is 13.1 Å². The summed E-state index contributed by atoms with van der Waals surface area (Å²) in [5.41, 5.74) is 0.730. The van der Waals surface area contributed by atoms with E-state index >= 15 is 0 Å². The maximum Gasteiger partial charge on any atom is 0.495 e. The molecule has 0 amide bonds. The average Bonchev–Trinajstić information content (AvgIpc) is 2.95. The van der Waals surface area contributed by atoms with Gasteiger partial charge < -0.3 is 23.5 Å². The summed E-state index contributed by atoms with van der Waals surface area (Å²) in [7, 11) is 2.38. The monoisotopic (exact) mass is 424 g/mol. The molecule has 31 heavy (non-hydrogen) atoms. The van der Waals surface area contributed by atoms with Gasteiger partial charge in [0.1, 0.15) is 5.75 Å². The predicted octanol–water partition coefficient (Wildman–Crippen LogP) is 3.43. The van der Waals surface area contributed by atoms with E-state index < -0.39 is 18.3 Å². The average molecular weight is 424 g/mol. The first kappa shape index (κ1) is 23.1. The molecule has 1 heterocycles. The van der Waals surface area contributed by atoms with Crippen LogP contribution in [0.3, 0.4) is 0 Å². The Bertz CT molecular complexity index is 1000. The number of carbonyl (C=O) groups excluding carboxylic acids is 1. The summed E-state index contributed by atoms with van der Waals surface area (Å²) >= 11 is 0. The van der Waals surface area contributed by atoms with Crippen LogP contribution in [0.2, 0.25) is 0 Å². The van der Waals surface area contributed by atoms with E-state index in [9.17, 15) is 4.79 Å². The predicted molar refractivity (Wildman–Crippen MR) is 120 cm³/mol. The summed E-state index contributed by atoms with van der Waals surface area (Å²) < 4.78 is 28.1. The third-order valence-corrected chi connectivity index (χ3v) is 5.74. The lowest BCUT2D eigenvalue weighted by Crippen LogP contribution is -2.41. The molecule has 0 atom stereocenters. The van der Waals surface area contributed by atoms with Crippen LogP contribution in [0.4, 0.5) is 0 Å². The van der Waals surface area contributed by atoms with Crippen molar-refractivity contribution in [1.29, 1.82) is 0 Å². The SMILES string of the molecule is COCOc1cc(B2OC(C)(C)C(C)(C)O2)c2c(C#CCCC(=O)OC)cccc2c1. The van der Waals surface area contributed by atoms with Gasteiger partial charge in [0.05, 0.1) is 24.7 Å². The van der Waals surface area contributed by atoms with Gasteiger partial charge in [-0.15, -0.1) is 0 Å². The largest absolute Gasteiger partial charge is 0.495 e. The zero-order chi connectivity index (χ0) is 22.6. The maximum atomic E-state index is 11.4. The van der Waals surface area contributed by atoms with Crippen LogP contribution in [0.15, 0.2) is 30.3 Å². The van der Waals surface area contributed by atoms with Gasteiger partial charge in [-0.25, -0.2) is 0 Å². The van der Waals surface area contributed by atoms with Gasteiger partial charge in [-0.2, -0.15) is 0 Å². The lowest BCUT2D eigenvalue weighted by atomic mass is 9.75. The highest BCUT2D eigenvalue weighted by Crippen LogP contribution is 2.37. The van der Waals surface area contributed by atoms with Gasteiger partial charge in [-0.3, -0.25) is 4.79 Å². The molecule has 1 aliphatic heterocycles. The molecule has 1 fully saturated rings. The summed E-state index contributed by atoms with van der Waals surface area (Å²) in [5, 5.41) is 1.90. The molecule has 2 aromatic carbocycles. The van der Waals surface area contributed by atoms with Gasteiger partial charge in [0.15, 0.2) is 6.79 Å². The second-order valence-electron chi connectivity index (χ2n) is 8.43. The summed E-state index contributed by atoms with van der Waals surface area (Å²) in [6.45, 7) is 8.23. The first-order chi connectivity index (χ1) is 14.7. The van der Waals surface area contributed by atoms with Crippen molar-refractivity contribution in [2.45, 2.75) is 51.7 Å². The summed E-state index contributed by atoms with van der Waals surface area (Å²) in [6, 6.07) is 9.77. The molecule has 0 unspecified atom stereocenters. The summed E-state index contributed by atoms with van der Waals surface area (Å²) in [6.07, 6.45) is 0.678. The van der Waals surface area contributed by atoms with Crippen molar-refractivity contribution in [3.05, 3.63) is 35.9 Å². The van der Waals surface area contributed by atoms with Gasteiger partial charge in [-0.05, 0) is 62.1 Å². The zero-order valence-electron chi connectivity index (χ0n) is 19.0. The van der Waals surface area contributed by atoms with Crippen LogP contribution in [-0.2, 0) is 23.6 Å². The number of benzene rings is 2. The Morgan fingerprint density at radius 1 is 1.10 bits per heavy atom. The minimum atomic E-state index is -0.573. The van der Waals surface area contributed by atoms with E-state index in [-0.39, 0.29) is 19.2 Å². The number of ether oxygens (including phenoxy) is 3. The maximum absolute atomic E-state index is 11.4. The van der Waals surface area contributed by atoms with E-state index in [0.29, 0.717) is 12.2 Å². The summed E-state index contributed by atoms with van der Waals surface area (Å²) in [5.74, 6) is 6.66. The molecule has 7 heteroatoms. The number of rotatable bonds is 6. The fraction of sp³-hybridized carbons (Fsp3) is 0.458. The van der Waals surface area contributed by atoms with Crippen LogP contribution in [0.5, 0.6) is 5.75 Å². The van der Waals surface area contributed by atoms with E-state index in [1.54, 1.807) is 7.11 Å². The molecule has 0 aromatic heterocycles. The minimum Gasteiger partial charge on any atom is -0.469 e. The number of carbonyl (C=O) groups is 1. The van der Waals surface area contributed by atoms with Crippen molar-refractivity contribution >= 4 is 29.3 Å². The number of hydrogen-bond donors (Lipinski definition) is 0. The van der Waals surface area contributed by atoms with Crippen molar-refractivity contribution < 1.29 is 28.3 Å². The van der Waals surface area contributed by atoms with Crippen LogP contribution in [0, 0.1) is 11.8 Å². The molecule has 0 aliphatic carbocycles. The topological polar surface area (TPSA) is 63.2 Å². The van der Waals surface area contributed by atoms with Crippen molar-refractivity contribution in [1.82, 2.24) is 0 Å². The molecule has 0 radical (unpaired) electrons. The number of hydrogen-bond acceptors (Lipinski definition) is 6. The standard InChI is InChI=1S/C24H29BO6/c1-23(2)24(3,4)31-25(30-23)20-15-19(29-16-27-5)14-18-12-9-11-17(22(18)20)10-7-8-13-21(26)28-6/h9,11-12,14-15H,8,13,16H2,1-6H3. The third kappa shape index (κ3) is 5.04. The van der Waals surface area contributed by atoms with E-state index in [0.717, 1.165) is 21.8 Å². The lowest BCUT2D eigenvalue weighted by molar-refractivity contribution is -0.140. The highest BCUT2D eigenvalue weighted by Gasteiger charge is 2.52. The van der Waals surface area contributed by atoms with Gasteiger partial charge in [0.25, 0.3) is 0 Å². The lowest BCUT2D eigenvalue weighted by Gasteiger charge is -2.32. The molecule has 0 bridgehead atoms. The van der Waals surface area contributed by atoms with E-state index in [1.807, 2.05) is 58.0 Å². The number of methoxy groups -OCH3 is 2. The van der Waals surface area contributed by atoms with Crippen LogP contribution >= 0.6 is 0 Å². The van der Waals surface area contributed by atoms with Crippen molar-refractivity contribution in [3.63, 3.8) is 0 Å². The zero-order valence-corrected chi connectivity index (χ0v) is 19.0. The highest BCUT2D eigenvalue weighted by molar-refractivity contribution is 6.65. The normalized spacial score (nSPS) is 16.6. The number of esters is 1. The smallest absolute Gasteiger partial charge is 0.469 e. The second-order valence-corrected chi connectivity index (χ2v) is 8.43. The number of fused-ring (bicyclic) bond motifs is 1. The van der Waals surface area contributed by atoms with Crippen LogP contribution in [0.1, 0.15) is 46.1 Å². The molecular weight excluding hydrogens is 395 g/mol. The minimum absolute atomic E-state index is 0.140. The van der Waals surface area contributed by atoms with Crippen LogP contribution in [0.25, 0.3) is 10.8 Å². The Hall–Kier alpha value is -2.53. The van der Waals surface area contributed by atoms with Gasteiger partial charge in [0.2, 0.25) is 0 Å². The van der Waals surface area contributed by atoms with Gasteiger partial charge in [0, 0.05) is 19.1 Å². The first-order valence-corrected chi connectivity index (χ1v) is 10.3. The first-order valence-electron chi connectivity index (χ1n) is 10.3. The molecule has 0 spiro atoms. The summed E-state index contributed by atoms with van der Waals surface area (Å²) in [4.78, 5) is 11.4. The Morgan fingerprint density at radius 3 is 2.45 bits per heavy atom. The Labute approximate surface area is 184 Å². The van der Waals surface area contributed by atoms with E-state index in [1.165, 1.54) is 7.11 Å². The molecule has 0 N–H and O–H groups in total. The second kappa shape index (κ2) is 9.31. The van der Waals surface area contributed by atoms with Crippen molar-refractivity contribution in [2.75, 3.05) is 21.0 Å². The Kier molecular flexibility index (Phi) is 6.95. The third-order valence-electron chi connectivity index (χ3n) is 5.74. The molecule has 1 saturated heterocycles. The molecule has 3 rings (SSSR count). The fourth-order valence-electron chi connectivity index (χ4n) is 3.33. The Morgan fingerprint density at radius 2 is 1.81 bits per heavy atom. The van der Waals surface area contributed by atoms with E-state index in [2.05, 4.69) is 16.6 Å². The molecule has 0 saturated carbocycles. The molecule has 2 aromatic rings.